The first-order chi connectivity index (χ1) is 7.81. The number of benzene rings is 1. The predicted molar refractivity (Wildman–Crippen MR) is 68.1 cm³/mol. The number of aromatic nitrogens is 1. The summed E-state index contributed by atoms with van der Waals surface area (Å²) in [7, 11) is 0. The van der Waals surface area contributed by atoms with E-state index in [-0.39, 0.29) is 0 Å². The van der Waals surface area contributed by atoms with Gasteiger partial charge in [0.2, 0.25) is 0 Å². The average Bonchev–Trinajstić information content (AvgIpc) is 2.30. The summed E-state index contributed by atoms with van der Waals surface area (Å²) in [4.78, 5) is 4.32. The van der Waals surface area contributed by atoms with Crippen molar-refractivity contribution in [1.82, 2.24) is 4.98 Å². The maximum Gasteiger partial charge on any atom is 0.0931 e. The van der Waals surface area contributed by atoms with Crippen LogP contribution in [0.1, 0.15) is 18.9 Å². The standard InChI is InChI=1S/C14H16N2/c1-2-5-11-6-3-7-12(10-11)14-13(15)8-4-9-16-14/h3-4,6-10H,2,5,15H2,1H3. The normalized spacial score (nSPS) is 10.3. The molecule has 2 nitrogen and oxygen atoms in total. The van der Waals surface area contributed by atoms with Crippen molar-refractivity contribution in [3.8, 4) is 11.3 Å². The van der Waals surface area contributed by atoms with E-state index >= 15 is 0 Å². The Labute approximate surface area is 96.1 Å². The van der Waals surface area contributed by atoms with Gasteiger partial charge in [-0.05, 0) is 30.2 Å². The molecule has 1 heterocycles. The van der Waals surface area contributed by atoms with Crippen molar-refractivity contribution in [3.63, 3.8) is 0 Å². The third-order valence-electron chi connectivity index (χ3n) is 2.58. The number of nitrogens with two attached hydrogens (primary N) is 1. The minimum atomic E-state index is 0.733. The lowest BCUT2D eigenvalue weighted by atomic mass is 10.0. The third-order valence-corrected chi connectivity index (χ3v) is 2.58. The van der Waals surface area contributed by atoms with E-state index in [0.29, 0.717) is 0 Å². The molecule has 0 aliphatic heterocycles. The van der Waals surface area contributed by atoms with Gasteiger partial charge in [0.05, 0.1) is 11.4 Å². The molecule has 0 saturated carbocycles. The second kappa shape index (κ2) is 4.79. The van der Waals surface area contributed by atoms with E-state index in [9.17, 15) is 0 Å². The lowest BCUT2D eigenvalue weighted by Gasteiger charge is -2.06. The zero-order valence-electron chi connectivity index (χ0n) is 9.48. The Morgan fingerprint density at radius 2 is 2.06 bits per heavy atom. The van der Waals surface area contributed by atoms with E-state index in [4.69, 9.17) is 5.73 Å². The first-order valence-corrected chi connectivity index (χ1v) is 5.61. The summed E-state index contributed by atoms with van der Waals surface area (Å²) in [6.45, 7) is 2.18. The molecule has 2 rings (SSSR count). The van der Waals surface area contributed by atoms with Gasteiger partial charge in [0.15, 0.2) is 0 Å². The van der Waals surface area contributed by atoms with Crippen molar-refractivity contribution in [1.29, 1.82) is 0 Å². The maximum atomic E-state index is 5.91. The number of rotatable bonds is 3. The summed E-state index contributed by atoms with van der Waals surface area (Å²) >= 11 is 0. The number of nitrogen functional groups attached to an aromatic ring is 1. The van der Waals surface area contributed by atoms with Crippen LogP contribution < -0.4 is 5.73 Å². The molecule has 0 fully saturated rings. The van der Waals surface area contributed by atoms with Gasteiger partial charge < -0.3 is 5.73 Å². The van der Waals surface area contributed by atoms with Gasteiger partial charge in [0.25, 0.3) is 0 Å². The summed E-state index contributed by atoms with van der Waals surface area (Å²) in [5.41, 5.74) is 9.96. The van der Waals surface area contributed by atoms with E-state index in [1.807, 2.05) is 12.1 Å². The van der Waals surface area contributed by atoms with Crippen LogP contribution in [0, 0.1) is 0 Å². The first-order valence-electron chi connectivity index (χ1n) is 5.61. The summed E-state index contributed by atoms with van der Waals surface area (Å²) in [5, 5.41) is 0. The van der Waals surface area contributed by atoms with E-state index in [2.05, 4.69) is 36.2 Å². The Morgan fingerprint density at radius 1 is 1.19 bits per heavy atom. The number of hydrogen-bond donors (Lipinski definition) is 1. The van der Waals surface area contributed by atoms with Crippen molar-refractivity contribution < 1.29 is 0 Å². The summed E-state index contributed by atoms with van der Waals surface area (Å²) in [5.74, 6) is 0. The summed E-state index contributed by atoms with van der Waals surface area (Å²) in [6.07, 6.45) is 4.03. The molecule has 1 aromatic carbocycles. The van der Waals surface area contributed by atoms with E-state index in [0.717, 1.165) is 29.8 Å². The molecular weight excluding hydrogens is 196 g/mol. The Hall–Kier alpha value is -1.83. The highest BCUT2D eigenvalue weighted by Gasteiger charge is 2.03. The highest BCUT2D eigenvalue weighted by molar-refractivity contribution is 5.72. The molecule has 82 valence electrons. The lowest BCUT2D eigenvalue weighted by Crippen LogP contribution is -1.93. The fourth-order valence-corrected chi connectivity index (χ4v) is 1.82. The maximum absolute atomic E-state index is 5.91. The molecule has 0 bridgehead atoms. The molecule has 0 aliphatic rings. The van der Waals surface area contributed by atoms with Crippen LogP contribution in [0.4, 0.5) is 5.69 Å². The molecule has 0 atom stereocenters. The van der Waals surface area contributed by atoms with E-state index < -0.39 is 0 Å². The number of aryl methyl sites for hydroxylation is 1. The van der Waals surface area contributed by atoms with Gasteiger partial charge in [-0.2, -0.15) is 0 Å². The molecule has 1 aromatic heterocycles. The number of hydrogen-bond acceptors (Lipinski definition) is 2. The molecule has 0 unspecified atom stereocenters. The van der Waals surface area contributed by atoms with Crippen LogP contribution in [-0.2, 0) is 6.42 Å². The van der Waals surface area contributed by atoms with Crippen molar-refractivity contribution >= 4 is 5.69 Å². The van der Waals surface area contributed by atoms with Gasteiger partial charge in [0.1, 0.15) is 0 Å². The molecule has 2 heteroatoms. The highest BCUT2D eigenvalue weighted by atomic mass is 14.7. The van der Waals surface area contributed by atoms with Crippen molar-refractivity contribution in [2.75, 3.05) is 5.73 Å². The average molecular weight is 212 g/mol. The fourth-order valence-electron chi connectivity index (χ4n) is 1.82. The van der Waals surface area contributed by atoms with Gasteiger partial charge >= 0.3 is 0 Å². The third kappa shape index (κ3) is 2.22. The minimum Gasteiger partial charge on any atom is -0.397 e. The first kappa shape index (κ1) is 10.7. The van der Waals surface area contributed by atoms with Crippen LogP contribution in [0.2, 0.25) is 0 Å². The summed E-state index contributed by atoms with van der Waals surface area (Å²) < 4.78 is 0. The van der Waals surface area contributed by atoms with Crippen LogP contribution in [0.5, 0.6) is 0 Å². The predicted octanol–water partition coefficient (Wildman–Crippen LogP) is 3.28. The molecular formula is C14H16N2. The fraction of sp³-hybridized carbons (Fsp3) is 0.214. The number of pyridine rings is 1. The largest absolute Gasteiger partial charge is 0.397 e. The molecule has 0 aliphatic carbocycles. The van der Waals surface area contributed by atoms with Crippen LogP contribution in [0.3, 0.4) is 0 Å². The quantitative estimate of drug-likeness (QED) is 0.848. The Morgan fingerprint density at radius 3 is 2.81 bits per heavy atom. The van der Waals surface area contributed by atoms with Crippen molar-refractivity contribution in [2.24, 2.45) is 0 Å². The Kier molecular flexibility index (Phi) is 3.20. The number of anilines is 1. The Bertz CT molecular complexity index is 478. The lowest BCUT2D eigenvalue weighted by molar-refractivity contribution is 0.922. The molecule has 0 saturated heterocycles. The van der Waals surface area contributed by atoms with Crippen LogP contribution >= 0.6 is 0 Å². The zero-order valence-corrected chi connectivity index (χ0v) is 9.48. The van der Waals surface area contributed by atoms with Gasteiger partial charge in [-0.25, -0.2) is 0 Å². The van der Waals surface area contributed by atoms with Crippen molar-refractivity contribution in [2.45, 2.75) is 19.8 Å². The summed E-state index contributed by atoms with van der Waals surface area (Å²) in [6, 6.07) is 12.2. The SMILES string of the molecule is CCCc1cccc(-c2ncccc2N)c1. The Balaban J connectivity index is 2.40. The molecule has 16 heavy (non-hydrogen) atoms. The van der Waals surface area contributed by atoms with Gasteiger partial charge in [0, 0.05) is 11.8 Å². The molecule has 0 radical (unpaired) electrons. The van der Waals surface area contributed by atoms with Crippen LogP contribution in [-0.4, -0.2) is 4.98 Å². The van der Waals surface area contributed by atoms with Gasteiger partial charge in [-0.15, -0.1) is 0 Å². The second-order valence-electron chi connectivity index (χ2n) is 3.89. The van der Waals surface area contributed by atoms with Gasteiger partial charge in [-0.3, -0.25) is 4.98 Å². The molecule has 2 aromatic rings. The second-order valence-corrected chi connectivity index (χ2v) is 3.89. The van der Waals surface area contributed by atoms with E-state index in [1.54, 1.807) is 6.20 Å². The molecule has 2 N–H and O–H groups in total. The highest BCUT2D eigenvalue weighted by Crippen LogP contribution is 2.23. The van der Waals surface area contributed by atoms with E-state index in [1.165, 1.54) is 5.56 Å². The topological polar surface area (TPSA) is 38.9 Å². The minimum absolute atomic E-state index is 0.733. The van der Waals surface area contributed by atoms with Crippen LogP contribution in [0.15, 0.2) is 42.6 Å². The van der Waals surface area contributed by atoms with Crippen molar-refractivity contribution in [3.05, 3.63) is 48.2 Å². The smallest absolute Gasteiger partial charge is 0.0931 e. The van der Waals surface area contributed by atoms with Crippen LogP contribution in [0.25, 0.3) is 11.3 Å². The molecule has 0 spiro atoms. The zero-order chi connectivity index (χ0) is 11.4. The monoisotopic (exact) mass is 212 g/mol. The van der Waals surface area contributed by atoms with Gasteiger partial charge in [-0.1, -0.05) is 31.5 Å². The molecule has 0 amide bonds. The number of nitrogens with zero attached hydrogens (tertiary/aromatic N) is 1.